The van der Waals surface area contributed by atoms with Crippen molar-refractivity contribution < 1.29 is 4.79 Å². The van der Waals surface area contributed by atoms with Gasteiger partial charge in [-0.3, -0.25) is 9.79 Å². The minimum absolute atomic E-state index is 0.0157. The number of aromatic nitrogens is 1. The molecule has 1 N–H and O–H groups in total. The van der Waals surface area contributed by atoms with Crippen LogP contribution >= 0.6 is 11.3 Å². The number of benzene rings is 1. The largest absolute Gasteiger partial charge is 0.326 e. The van der Waals surface area contributed by atoms with Gasteiger partial charge in [0.1, 0.15) is 0 Å². The first-order valence-corrected chi connectivity index (χ1v) is 7.39. The molecule has 1 amide bonds. The number of carbonyl (C=O) groups excluding carboxylic acids is 1. The predicted octanol–water partition coefficient (Wildman–Crippen LogP) is 2.88. The number of thiazole rings is 1. The van der Waals surface area contributed by atoms with Gasteiger partial charge in [0, 0.05) is 31.1 Å². The minimum atomic E-state index is -0.0157. The van der Waals surface area contributed by atoms with Crippen LogP contribution in [0.1, 0.15) is 13.8 Å². The Hall–Kier alpha value is -1.88. The molecule has 2 rings (SSSR count). The number of carbonyl (C=O) groups is 1. The standard InChI is InChI=1S/C15H19N3OS/c1-10(2)14(19)17-12-7-5-11(6-8-12)13-9-20-15(16-3)18(13)4/h5-10H,1-4H3,(H,17,19). The topological polar surface area (TPSA) is 46.4 Å². The summed E-state index contributed by atoms with van der Waals surface area (Å²) < 4.78 is 2.06. The highest BCUT2D eigenvalue weighted by Crippen LogP contribution is 2.21. The SMILES string of the molecule is CN=c1scc(-c2ccc(NC(=O)C(C)C)cc2)n1C. The highest BCUT2D eigenvalue weighted by atomic mass is 32.1. The number of hydrogen-bond acceptors (Lipinski definition) is 3. The van der Waals surface area contributed by atoms with Crippen molar-refractivity contribution in [3.05, 3.63) is 34.4 Å². The number of anilines is 1. The summed E-state index contributed by atoms with van der Waals surface area (Å²) in [6, 6.07) is 7.88. The molecule has 20 heavy (non-hydrogen) atoms. The van der Waals surface area contributed by atoms with Crippen LogP contribution in [0.15, 0.2) is 34.6 Å². The van der Waals surface area contributed by atoms with Gasteiger partial charge in [0.25, 0.3) is 0 Å². The van der Waals surface area contributed by atoms with E-state index in [-0.39, 0.29) is 11.8 Å². The Morgan fingerprint density at radius 3 is 2.45 bits per heavy atom. The van der Waals surface area contributed by atoms with Crippen molar-refractivity contribution in [2.24, 2.45) is 18.0 Å². The summed E-state index contributed by atoms with van der Waals surface area (Å²) >= 11 is 1.62. The maximum atomic E-state index is 11.6. The summed E-state index contributed by atoms with van der Waals surface area (Å²) in [5.74, 6) is 0.0176. The van der Waals surface area contributed by atoms with E-state index in [0.29, 0.717) is 0 Å². The molecule has 0 aliphatic heterocycles. The van der Waals surface area contributed by atoms with Crippen LogP contribution < -0.4 is 10.1 Å². The first kappa shape index (κ1) is 14.5. The summed E-state index contributed by atoms with van der Waals surface area (Å²) in [5, 5.41) is 4.98. The molecule has 106 valence electrons. The Bertz CT molecular complexity index is 665. The second-order valence-electron chi connectivity index (χ2n) is 4.91. The third-order valence-electron chi connectivity index (χ3n) is 3.09. The van der Waals surface area contributed by atoms with Crippen molar-refractivity contribution in [2.75, 3.05) is 12.4 Å². The fourth-order valence-corrected chi connectivity index (χ4v) is 2.72. The van der Waals surface area contributed by atoms with E-state index in [9.17, 15) is 4.79 Å². The molecule has 0 spiro atoms. The zero-order chi connectivity index (χ0) is 14.7. The van der Waals surface area contributed by atoms with E-state index in [1.807, 2.05) is 45.2 Å². The zero-order valence-corrected chi connectivity index (χ0v) is 13.0. The Kier molecular flexibility index (Phi) is 4.39. The quantitative estimate of drug-likeness (QED) is 0.928. The Balaban J connectivity index is 2.24. The molecule has 0 fully saturated rings. The van der Waals surface area contributed by atoms with Crippen molar-refractivity contribution in [3.8, 4) is 11.3 Å². The van der Waals surface area contributed by atoms with E-state index >= 15 is 0 Å². The molecule has 0 aliphatic rings. The highest BCUT2D eigenvalue weighted by molar-refractivity contribution is 7.07. The Morgan fingerprint density at radius 1 is 1.30 bits per heavy atom. The van der Waals surface area contributed by atoms with Gasteiger partial charge in [-0.15, -0.1) is 11.3 Å². The number of amides is 1. The van der Waals surface area contributed by atoms with E-state index in [1.54, 1.807) is 18.4 Å². The average molecular weight is 289 g/mol. The molecule has 0 atom stereocenters. The summed E-state index contributed by atoms with van der Waals surface area (Å²) in [5.41, 5.74) is 3.06. The first-order chi connectivity index (χ1) is 9.52. The smallest absolute Gasteiger partial charge is 0.226 e. The van der Waals surface area contributed by atoms with Crippen molar-refractivity contribution in [2.45, 2.75) is 13.8 Å². The number of hydrogen-bond donors (Lipinski definition) is 1. The normalized spacial score (nSPS) is 11.9. The first-order valence-electron chi connectivity index (χ1n) is 6.51. The summed E-state index contributed by atoms with van der Waals surface area (Å²) in [4.78, 5) is 16.8. The maximum absolute atomic E-state index is 11.6. The van der Waals surface area contributed by atoms with E-state index in [0.717, 1.165) is 21.7 Å². The molecule has 0 saturated heterocycles. The summed E-state index contributed by atoms with van der Waals surface area (Å²) in [6.07, 6.45) is 0. The lowest BCUT2D eigenvalue weighted by molar-refractivity contribution is -0.118. The third kappa shape index (κ3) is 2.99. The number of rotatable bonds is 3. The Labute approximate surface area is 122 Å². The second-order valence-corrected chi connectivity index (χ2v) is 5.74. The number of nitrogens with zero attached hydrogens (tertiary/aromatic N) is 2. The number of nitrogens with one attached hydrogen (secondary N) is 1. The third-order valence-corrected chi connectivity index (χ3v) is 4.10. The fourth-order valence-electron chi connectivity index (χ4n) is 1.84. The molecule has 0 aliphatic carbocycles. The van der Waals surface area contributed by atoms with Crippen LogP contribution in [0.4, 0.5) is 5.69 Å². The van der Waals surface area contributed by atoms with Crippen LogP contribution in [0, 0.1) is 5.92 Å². The van der Waals surface area contributed by atoms with Crippen molar-refractivity contribution in [1.29, 1.82) is 0 Å². The van der Waals surface area contributed by atoms with Crippen molar-refractivity contribution in [3.63, 3.8) is 0 Å². The van der Waals surface area contributed by atoms with Crippen LogP contribution in [-0.2, 0) is 11.8 Å². The lowest BCUT2D eigenvalue weighted by Crippen LogP contribution is -2.17. The maximum Gasteiger partial charge on any atom is 0.226 e. The molecule has 0 unspecified atom stereocenters. The van der Waals surface area contributed by atoms with Gasteiger partial charge in [0.15, 0.2) is 4.80 Å². The zero-order valence-electron chi connectivity index (χ0n) is 12.2. The molecule has 5 heteroatoms. The van der Waals surface area contributed by atoms with Gasteiger partial charge in [-0.2, -0.15) is 0 Å². The van der Waals surface area contributed by atoms with Crippen molar-refractivity contribution >= 4 is 22.9 Å². The van der Waals surface area contributed by atoms with Crippen molar-refractivity contribution in [1.82, 2.24) is 4.57 Å². The van der Waals surface area contributed by atoms with Gasteiger partial charge in [-0.1, -0.05) is 26.0 Å². The van der Waals surface area contributed by atoms with Gasteiger partial charge in [0.05, 0.1) is 5.69 Å². The van der Waals surface area contributed by atoms with Crippen LogP contribution in [0.25, 0.3) is 11.3 Å². The molecule has 0 bridgehead atoms. The van der Waals surface area contributed by atoms with Gasteiger partial charge in [-0.25, -0.2) is 0 Å². The van der Waals surface area contributed by atoms with Gasteiger partial charge in [0.2, 0.25) is 5.91 Å². The van der Waals surface area contributed by atoms with Crippen LogP contribution in [-0.4, -0.2) is 17.5 Å². The molecule has 0 radical (unpaired) electrons. The van der Waals surface area contributed by atoms with Gasteiger partial charge >= 0.3 is 0 Å². The van der Waals surface area contributed by atoms with Crippen LogP contribution in [0.2, 0.25) is 0 Å². The summed E-state index contributed by atoms with van der Waals surface area (Å²) in [6.45, 7) is 3.76. The van der Waals surface area contributed by atoms with Gasteiger partial charge < -0.3 is 9.88 Å². The van der Waals surface area contributed by atoms with Crippen LogP contribution in [0.3, 0.4) is 0 Å². The minimum Gasteiger partial charge on any atom is -0.326 e. The lowest BCUT2D eigenvalue weighted by atomic mass is 10.1. The van der Waals surface area contributed by atoms with Gasteiger partial charge in [-0.05, 0) is 17.7 Å². The lowest BCUT2D eigenvalue weighted by Gasteiger charge is -2.08. The monoisotopic (exact) mass is 289 g/mol. The molecule has 0 saturated carbocycles. The van der Waals surface area contributed by atoms with E-state index in [1.165, 1.54) is 0 Å². The molecule has 1 aromatic heterocycles. The summed E-state index contributed by atoms with van der Waals surface area (Å²) in [7, 11) is 3.79. The molecular formula is C15H19N3OS. The predicted molar refractivity (Wildman–Crippen MR) is 83.7 cm³/mol. The van der Waals surface area contributed by atoms with Crippen LogP contribution in [0.5, 0.6) is 0 Å². The highest BCUT2D eigenvalue weighted by Gasteiger charge is 2.08. The molecule has 2 aromatic rings. The second kappa shape index (κ2) is 6.05. The average Bonchev–Trinajstić information content (AvgIpc) is 2.80. The molecule has 1 aromatic carbocycles. The van der Waals surface area contributed by atoms with E-state index in [4.69, 9.17) is 0 Å². The molecular weight excluding hydrogens is 270 g/mol. The fraction of sp³-hybridized carbons (Fsp3) is 0.333. The molecule has 1 heterocycles. The molecule has 4 nitrogen and oxygen atoms in total. The van der Waals surface area contributed by atoms with E-state index in [2.05, 4.69) is 20.3 Å². The Morgan fingerprint density at radius 2 is 1.95 bits per heavy atom. The van der Waals surface area contributed by atoms with E-state index < -0.39 is 0 Å².